The Morgan fingerprint density at radius 3 is 2.47 bits per heavy atom. The molecular weight excluding hydrogens is 260 g/mol. The van der Waals surface area contributed by atoms with E-state index in [1.54, 1.807) is 36.1 Å². The molecule has 0 bridgehead atoms. The third-order valence-corrected chi connectivity index (χ3v) is 3.18. The Hall–Kier alpha value is -1.49. The number of carbonyl (C=O) groups excluding carboxylic acids is 2. The molecule has 0 aliphatic carbocycles. The van der Waals surface area contributed by atoms with Gasteiger partial charge in [0.25, 0.3) is 5.91 Å². The summed E-state index contributed by atoms with van der Waals surface area (Å²) in [4.78, 5) is 26.4. The van der Waals surface area contributed by atoms with E-state index in [-0.39, 0.29) is 11.8 Å². The third-order valence-electron chi connectivity index (χ3n) is 2.90. The fourth-order valence-corrected chi connectivity index (χ4v) is 2.02. The standard InChI is InChI=1S/C14H20N2O2S/c1-4-16(5-2)14(18)10(3)15-13(17)11-7-6-8-12(19)9-11/h6-10,19H,4-5H2,1-3H3,(H,15,17). The molecule has 4 nitrogen and oxygen atoms in total. The first-order chi connectivity index (χ1) is 8.99. The predicted molar refractivity (Wildman–Crippen MR) is 78.6 cm³/mol. The molecule has 0 heterocycles. The molecule has 0 aromatic heterocycles. The van der Waals surface area contributed by atoms with E-state index in [1.807, 2.05) is 13.8 Å². The molecule has 0 radical (unpaired) electrons. The van der Waals surface area contributed by atoms with Gasteiger partial charge in [-0.2, -0.15) is 0 Å². The first kappa shape index (κ1) is 15.6. The van der Waals surface area contributed by atoms with Crippen LogP contribution in [-0.4, -0.2) is 35.8 Å². The lowest BCUT2D eigenvalue weighted by Crippen LogP contribution is -2.46. The highest BCUT2D eigenvalue weighted by molar-refractivity contribution is 7.80. The van der Waals surface area contributed by atoms with Crippen LogP contribution in [0.1, 0.15) is 31.1 Å². The van der Waals surface area contributed by atoms with Gasteiger partial charge in [0.2, 0.25) is 5.91 Å². The maximum absolute atomic E-state index is 12.0. The molecule has 0 spiro atoms. The Labute approximate surface area is 119 Å². The monoisotopic (exact) mass is 280 g/mol. The average molecular weight is 280 g/mol. The van der Waals surface area contributed by atoms with E-state index in [9.17, 15) is 9.59 Å². The number of amides is 2. The van der Waals surface area contributed by atoms with Crippen LogP contribution in [0.3, 0.4) is 0 Å². The Morgan fingerprint density at radius 2 is 1.95 bits per heavy atom. The number of rotatable bonds is 5. The number of thiol groups is 1. The summed E-state index contributed by atoms with van der Waals surface area (Å²) in [5.41, 5.74) is 0.506. The van der Waals surface area contributed by atoms with Crippen LogP contribution in [-0.2, 0) is 4.79 Å². The van der Waals surface area contributed by atoms with Gasteiger partial charge in [0.15, 0.2) is 0 Å². The Kier molecular flexibility index (Phi) is 5.89. The molecule has 1 unspecified atom stereocenters. The average Bonchev–Trinajstić information content (AvgIpc) is 2.39. The van der Waals surface area contributed by atoms with Gasteiger partial charge in [-0.15, -0.1) is 12.6 Å². The number of hydrogen-bond donors (Lipinski definition) is 2. The molecule has 0 saturated carbocycles. The molecule has 0 aliphatic rings. The molecule has 0 fully saturated rings. The topological polar surface area (TPSA) is 49.4 Å². The number of hydrogen-bond acceptors (Lipinski definition) is 3. The first-order valence-electron chi connectivity index (χ1n) is 6.38. The number of benzene rings is 1. The van der Waals surface area contributed by atoms with Crippen molar-refractivity contribution < 1.29 is 9.59 Å². The molecule has 5 heteroatoms. The summed E-state index contributed by atoms with van der Waals surface area (Å²) in [7, 11) is 0. The Bertz CT molecular complexity index is 459. The maximum Gasteiger partial charge on any atom is 0.251 e. The van der Waals surface area contributed by atoms with Gasteiger partial charge < -0.3 is 10.2 Å². The number of nitrogens with one attached hydrogen (secondary N) is 1. The molecule has 1 aromatic rings. The van der Waals surface area contributed by atoms with Crippen LogP contribution in [0.2, 0.25) is 0 Å². The van der Waals surface area contributed by atoms with E-state index in [2.05, 4.69) is 17.9 Å². The predicted octanol–water partition coefficient (Wildman–Crippen LogP) is 1.96. The molecular formula is C14H20N2O2S. The Morgan fingerprint density at radius 1 is 1.32 bits per heavy atom. The lowest BCUT2D eigenvalue weighted by molar-refractivity contribution is -0.132. The van der Waals surface area contributed by atoms with Gasteiger partial charge in [-0.05, 0) is 39.0 Å². The highest BCUT2D eigenvalue weighted by Gasteiger charge is 2.20. The van der Waals surface area contributed by atoms with Gasteiger partial charge >= 0.3 is 0 Å². The second kappa shape index (κ2) is 7.19. The van der Waals surface area contributed by atoms with Crippen molar-refractivity contribution in [1.82, 2.24) is 10.2 Å². The van der Waals surface area contributed by atoms with Gasteiger partial charge in [0.1, 0.15) is 6.04 Å². The summed E-state index contributed by atoms with van der Waals surface area (Å²) in [5, 5.41) is 2.71. The fourth-order valence-electron chi connectivity index (χ4n) is 1.80. The summed E-state index contributed by atoms with van der Waals surface area (Å²) in [5.74, 6) is -0.329. The summed E-state index contributed by atoms with van der Waals surface area (Å²) in [6, 6.07) is 6.39. The van der Waals surface area contributed by atoms with Crippen molar-refractivity contribution in [3.8, 4) is 0 Å². The van der Waals surface area contributed by atoms with Crippen LogP contribution in [0, 0.1) is 0 Å². The molecule has 1 aromatic carbocycles. The van der Waals surface area contributed by atoms with Crippen molar-refractivity contribution in [2.24, 2.45) is 0 Å². The number of carbonyl (C=O) groups is 2. The van der Waals surface area contributed by atoms with Crippen LogP contribution in [0.4, 0.5) is 0 Å². The Balaban J connectivity index is 2.69. The van der Waals surface area contributed by atoms with Gasteiger partial charge in [-0.1, -0.05) is 6.07 Å². The smallest absolute Gasteiger partial charge is 0.251 e. The lowest BCUT2D eigenvalue weighted by Gasteiger charge is -2.23. The summed E-state index contributed by atoms with van der Waals surface area (Å²) < 4.78 is 0. The van der Waals surface area contributed by atoms with E-state index in [0.29, 0.717) is 18.7 Å². The largest absolute Gasteiger partial charge is 0.341 e. The van der Waals surface area contributed by atoms with Crippen LogP contribution in [0.25, 0.3) is 0 Å². The lowest BCUT2D eigenvalue weighted by atomic mass is 10.2. The number of nitrogens with zero attached hydrogens (tertiary/aromatic N) is 1. The summed E-state index contributed by atoms with van der Waals surface area (Å²) >= 11 is 4.19. The third kappa shape index (κ3) is 4.28. The van der Waals surface area contributed by atoms with Crippen molar-refractivity contribution in [3.63, 3.8) is 0 Å². The highest BCUT2D eigenvalue weighted by atomic mass is 32.1. The van der Waals surface area contributed by atoms with E-state index in [4.69, 9.17) is 0 Å². The van der Waals surface area contributed by atoms with E-state index in [0.717, 1.165) is 4.90 Å². The molecule has 1 rings (SSSR count). The molecule has 0 saturated heterocycles. The number of likely N-dealkylation sites (N-methyl/N-ethyl adjacent to an activating group) is 1. The zero-order valence-corrected chi connectivity index (χ0v) is 12.4. The van der Waals surface area contributed by atoms with Crippen LogP contribution >= 0.6 is 12.6 Å². The van der Waals surface area contributed by atoms with Crippen LogP contribution in [0.5, 0.6) is 0 Å². The van der Waals surface area contributed by atoms with Gasteiger partial charge in [0, 0.05) is 23.5 Å². The SMILES string of the molecule is CCN(CC)C(=O)C(C)NC(=O)c1cccc(S)c1. The molecule has 104 valence electrons. The molecule has 1 atom stereocenters. The van der Waals surface area contributed by atoms with E-state index >= 15 is 0 Å². The quantitative estimate of drug-likeness (QED) is 0.810. The fraction of sp³-hybridized carbons (Fsp3) is 0.429. The normalized spacial score (nSPS) is 11.8. The molecule has 2 amide bonds. The van der Waals surface area contributed by atoms with Gasteiger partial charge in [-0.25, -0.2) is 0 Å². The van der Waals surface area contributed by atoms with Crippen molar-refractivity contribution in [1.29, 1.82) is 0 Å². The maximum atomic E-state index is 12.0. The van der Waals surface area contributed by atoms with Crippen molar-refractivity contribution in [2.45, 2.75) is 31.7 Å². The van der Waals surface area contributed by atoms with Crippen LogP contribution < -0.4 is 5.32 Å². The molecule has 1 N–H and O–H groups in total. The zero-order valence-electron chi connectivity index (χ0n) is 11.5. The summed E-state index contributed by atoms with van der Waals surface area (Å²) in [6.07, 6.45) is 0. The molecule has 19 heavy (non-hydrogen) atoms. The molecule has 0 aliphatic heterocycles. The second-order valence-electron chi connectivity index (χ2n) is 4.26. The first-order valence-corrected chi connectivity index (χ1v) is 6.83. The van der Waals surface area contributed by atoms with Crippen LogP contribution in [0.15, 0.2) is 29.2 Å². The zero-order chi connectivity index (χ0) is 14.4. The highest BCUT2D eigenvalue weighted by Crippen LogP contribution is 2.09. The van der Waals surface area contributed by atoms with Crippen molar-refractivity contribution in [2.75, 3.05) is 13.1 Å². The van der Waals surface area contributed by atoms with Crippen molar-refractivity contribution >= 4 is 24.4 Å². The second-order valence-corrected chi connectivity index (χ2v) is 4.77. The van der Waals surface area contributed by atoms with E-state index < -0.39 is 6.04 Å². The minimum Gasteiger partial charge on any atom is -0.341 e. The van der Waals surface area contributed by atoms with Gasteiger partial charge in [-0.3, -0.25) is 9.59 Å². The minimum atomic E-state index is -0.532. The van der Waals surface area contributed by atoms with Crippen molar-refractivity contribution in [3.05, 3.63) is 29.8 Å². The van der Waals surface area contributed by atoms with E-state index in [1.165, 1.54) is 0 Å². The van der Waals surface area contributed by atoms with Gasteiger partial charge in [0.05, 0.1) is 0 Å². The summed E-state index contributed by atoms with van der Waals surface area (Å²) in [6.45, 7) is 6.81. The minimum absolute atomic E-state index is 0.0691.